The van der Waals surface area contributed by atoms with Crippen LogP contribution < -0.4 is 0 Å². The molecule has 0 aliphatic carbocycles. The highest BCUT2D eigenvalue weighted by Crippen LogP contribution is 2.13. The van der Waals surface area contributed by atoms with Crippen LogP contribution in [0, 0.1) is 0 Å². The minimum Gasteiger partial charge on any atom is -0.457 e. The molecule has 0 heterocycles. The van der Waals surface area contributed by atoms with Crippen molar-refractivity contribution in [3.63, 3.8) is 0 Å². The highest BCUT2D eigenvalue weighted by atomic mass is 16.5. The first-order valence-electron chi connectivity index (χ1n) is 6.01. The fourth-order valence-corrected chi connectivity index (χ4v) is 1.60. The number of carbonyl (C=O) groups excluding carboxylic acids is 1. The number of ether oxygens (including phenoxy) is 1. The van der Waals surface area contributed by atoms with Crippen LogP contribution in [0.1, 0.15) is 37.5 Å². The van der Waals surface area contributed by atoms with Crippen molar-refractivity contribution in [1.82, 2.24) is 0 Å². The van der Waals surface area contributed by atoms with E-state index in [9.17, 15) is 4.79 Å². The Morgan fingerprint density at radius 2 is 1.59 bits per heavy atom. The summed E-state index contributed by atoms with van der Waals surface area (Å²) in [6.07, 6.45) is 1.99. The van der Waals surface area contributed by atoms with Gasteiger partial charge in [-0.1, -0.05) is 38.6 Å². The Kier molecular flexibility index (Phi) is 4.95. The van der Waals surface area contributed by atoms with E-state index in [-0.39, 0.29) is 5.97 Å². The number of carbonyl (C=O) groups is 1. The fourth-order valence-electron chi connectivity index (χ4n) is 1.60. The van der Waals surface area contributed by atoms with Crippen molar-refractivity contribution >= 4 is 5.97 Å². The zero-order valence-corrected chi connectivity index (χ0v) is 10.9. The number of benzene rings is 1. The van der Waals surface area contributed by atoms with E-state index in [2.05, 4.69) is 38.6 Å². The molecule has 0 fully saturated rings. The smallest absolute Gasteiger partial charge is 0.333 e. The van der Waals surface area contributed by atoms with Crippen LogP contribution in [-0.2, 0) is 29.0 Å². The third kappa shape index (κ3) is 4.06. The second-order valence-electron chi connectivity index (χ2n) is 4.22. The molecule has 0 N–H and O–H groups in total. The van der Waals surface area contributed by atoms with Gasteiger partial charge in [-0.25, -0.2) is 4.79 Å². The van der Waals surface area contributed by atoms with Gasteiger partial charge in [0.25, 0.3) is 0 Å². The zero-order chi connectivity index (χ0) is 12.8. The Hall–Kier alpha value is -1.57. The van der Waals surface area contributed by atoms with Gasteiger partial charge in [-0.15, -0.1) is 0 Å². The Balaban J connectivity index is 2.76. The lowest BCUT2D eigenvalue weighted by atomic mass is 10.0. The van der Waals surface area contributed by atoms with Gasteiger partial charge < -0.3 is 4.74 Å². The van der Waals surface area contributed by atoms with Crippen LogP contribution in [0.4, 0.5) is 0 Å². The summed E-state index contributed by atoms with van der Waals surface area (Å²) < 4.78 is 5.15. The minimum absolute atomic E-state index is 0.326. The highest BCUT2D eigenvalue weighted by molar-refractivity contribution is 5.86. The van der Waals surface area contributed by atoms with Crippen molar-refractivity contribution < 1.29 is 9.53 Å². The third-order valence-electron chi connectivity index (χ3n) is 2.65. The van der Waals surface area contributed by atoms with E-state index in [0.717, 1.165) is 18.4 Å². The van der Waals surface area contributed by atoms with Crippen LogP contribution in [-0.4, -0.2) is 5.97 Å². The molecule has 0 aliphatic rings. The van der Waals surface area contributed by atoms with Gasteiger partial charge in [0.15, 0.2) is 0 Å². The number of hydrogen-bond acceptors (Lipinski definition) is 2. The molecule has 1 rings (SSSR count). The minimum atomic E-state index is -0.329. The van der Waals surface area contributed by atoms with Crippen LogP contribution in [0.2, 0.25) is 0 Å². The van der Waals surface area contributed by atoms with Gasteiger partial charge in [-0.2, -0.15) is 0 Å². The maximum atomic E-state index is 11.3. The first-order valence-corrected chi connectivity index (χ1v) is 6.01. The first kappa shape index (κ1) is 13.5. The standard InChI is InChI=1S/C15H20O2/c1-5-12-7-13(6-2)9-14(8-12)10-17-15(16)11(3)4/h7-9H,3,5-6,10H2,1-2,4H3. The summed E-state index contributed by atoms with van der Waals surface area (Å²) >= 11 is 0. The van der Waals surface area contributed by atoms with E-state index in [1.165, 1.54) is 11.1 Å². The van der Waals surface area contributed by atoms with Gasteiger partial charge >= 0.3 is 5.97 Å². The average Bonchev–Trinajstić information content (AvgIpc) is 2.35. The van der Waals surface area contributed by atoms with Crippen LogP contribution in [0.3, 0.4) is 0 Å². The summed E-state index contributed by atoms with van der Waals surface area (Å²) in [5, 5.41) is 0. The monoisotopic (exact) mass is 232 g/mol. The van der Waals surface area contributed by atoms with Gasteiger partial charge in [0.2, 0.25) is 0 Å². The Morgan fingerprint density at radius 3 is 2.00 bits per heavy atom. The lowest BCUT2D eigenvalue weighted by molar-refractivity contribution is -0.140. The molecule has 0 spiro atoms. The molecule has 17 heavy (non-hydrogen) atoms. The molecule has 0 unspecified atom stereocenters. The van der Waals surface area contributed by atoms with Crippen molar-refractivity contribution in [2.45, 2.75) is 40.2 Å². The van der Waals surface area contributed by atoms with Crippen LogP contribution in [0.25, 0.3) is 0 Å². The summed E-state index contributed by atoms with van der Waals surface area (Å²) in [5.74, 6) is -0.329. The molecule has 1 aromatic rings. The van der Waals surface area contributed by atoms with Crippen LogP contribution in [0.15, 0.2) is 30.4 Å². The van der Waals surface area contributed by atoms with E-state index in [1.807, 2.05) is 0 Å². The molecule has 92 valence electrons. The number of rotatable bonds is 5. The van der Waals surface area contributed by atoms with Gasteiger partial charge in [0.1, 0.15) is 6.61 Å². The van der Waals surface area contributed by atoms with Crippen LogP contribution in [0.5, 0.6) is 0 Å². The molecule has 2 heteroatoms. The number of hydrogen-bond donors (Lipinski definition) is 0. The summed E-state index contributed by atoms with van der Waals surface area (Å²) in [4.78, 5) is 11.3. The maximum Gasteiger partial charge on any atom is 0.333 e. The van der Waals surface area contributed by atoms with E-state index < -0.39 is 0 Å². The van der Waals surface area contributed by atoms with Crippen molar-refractivity contribution in [3.05, 3.63) is 47.0 Å². The molecule has 0 aromatic heterocycles. The second-order valence-corrected chi connectivity index (χ2v) is 4.22. The topological polar surface area (TPSA) is 26.3 Å². The van der Waals surface area contributed by atoms with Gasteiger partial charge in [-0.05, 0) is 36.5 Å². The quantitative estimate of drug-likeness (QED) is 0.574. The fraction of sp³-hybridized carbons (Fsp3) is 0.400. The van der Waals surface area contributed by atoms with Crippen LogP contribution >= 0.6 is 0 Å². The zero-order valence-electron chi connectivity index (χ0n) is 10.9. The predicted molar refractivity (Wildman–Crippen MR) is 69.8 cm³/mol. The summed E-state index contributed by atoms with van der Waals surface area (Å²) in [5.41, 5.74) is 4.06. The molecule has 0 amide bonds. The van der Waals surface area contributed by atoms with Crippen molar-refractivity contribution in [3.8, 4) is 0 Å². The first-order chi connectivity index (χ1) is 8.06. The Bertz CT molecular complexity index is 397. The van der Waals surface area contributed by atoms with Gasteiger partial charge in [0, 0.05) is 5.57 Å². The molecule has 0 saturated heterocycles. The molecule has 0 saturated carbocycles. The molecule has 1 aromatic carbocycles. The van der Waals surface area contributed by atoms with E-state index in [4.69, 9.17) is 4.74 Å². The van der Waals surface area contributed by atoms with Crippen molar-refractivity contribution in [2.24, 2.45) is 0 Å². The number of esters is 1. The third-order valence-corrected chi connectivity index (χ3v) is 2.65. The second kappa shape index (κ2) is 6.24. The van der Waals surface area contributed by atoms with Crippen molar-refractivity contribution in [1.29, 1.82) is 0 Å². The molecule has 0 radical (unpaired) electrons. The molecule has 0 atom stereocenters. The maximum absolute atomic E-state index is 11.3. The molecular formula is C15H20O2. The largest absolute Gasteiger partial charge is 0.457 e. The highest BCUT2D eigenvalue weighted by Gasteiger charge is 2.05. The normalized spacial score (nSPS) is 10.1. The average molecular weight is 232 g/mol. The lowest BCUT2D eigenvalue weighted by Crippen LogP contribution is -2.05. The van der Waals surface area contributed by atoms with E-state index in [1.54, 1.807) is 6.92 Å². The van der Waals surface area contributed by atoms with Gasteiger partial charge in [0.05, 0.1) is 0 Å². The summed E-state index contributed by atoms with van der Waals surface area (Å²) in [7, 11) is 0. The Labute approximate surface area is 103 Å². The molecule has 0 aliphatic heterocycles. The molecule has 0 bridgehead atoms. The number of aryl methyl sites for hydroxylation is 2. The molecule has 2 nitrogen and oxygen atoms in total. The van der Waals surface area contributed by atoms with Crippen molar-refractivity contribution in [2.75, 3.05) is 0 Å². The Morgan fingerprint density at radius 1 is 1.12 bits per heavy atom. The van der Waals surface area contributed by atoms with E-state index in [0.29, 0.717) is 12.2 Å². The summed E-state index contributed by atoms with van der Waals surface area (Å²) in [6.45, 7) is 9.79. The molecular weight excluding hydrogens is 212 g/mol. The SMILES string of the molecule is C=C(C)C(=O)OCc1cc(CC)cc(CC)c1. The lowest BCUT2D eigenvalue weighted by Gasteiger charge is -2.08. The van der Waals surface area contributed by atoms with Gasteiger partial charge in [-0.3, -0.25) is 0 Å². The predicted octanol–water partition coefficient (Wildman–Crippen LogP) is 3.43. The van der Waals surface area contributed by atoms with E-state index >= 15 is 0 Å². The summed E-state index contributed by atoms with van der Waals surface area (Å²) in [6, 6.07) is 6.37.